The number of hydrogen-bond donors (Lipinski definition) is 1. The second-order valence-electron chi connectivity index (χ2n) is 7.68. The topological polar surface area (TPSA) is 119 Å². The van der Waals surface area contributed by atoms with Crippen LogP contribution in [0.2, 0.25) is 0 Å². The second kappa shape index (κ2) is 9.07. The highest BCUT2D eigenvalue weighted by Gasteiger charge is 2.25. The van der Waals surface area contributed by atoms with Crippen molar-refractivity contribution in [2.24, 2.45) is 0 Å². The summed E-state index contributed by atoms with van der Waals surface area (Å²) in [4.78, 5) is 24.2. The quantitative estimate of drug-likeness (QED) is 0.545. The van der Waals surface area contributed by atoms with Crippen LogP contribution in [-0.2, 0) is 9.84 Å². The Labute approximate surface area is 192 Å². The predicted molar refractivity (Wildman–Crippen MR) is 126 cm³/mol. The number of carbonyl (C=O) groups excluding carboxylic acids is 1. The molecule has 1 aromatic heterocycles. The largest absolute Gasteiger partial charge is 0.497 e. The molecule has 0 amide bonds. The number of anilines is 3. The number of nitrogens with zero attached hydrogens (tertiary/aromatic N) is 4. The van der Waals surface area contributed by atoms with Crippen molar-refractivity contribution < 1.29 is 17.9 Å². The van der Waals surface area contributed by atoms with Gasteiger partial charge in [-0.3, -0.25) is 4.79 Å². The molecule has 2 N–H and O–H groups in total. The van der Waals surface area contributed by atoms with Gasteiger partial charge in [-0.2, -0.15) is 4.98 Å². The first kappa shape index (κ1) is 22.5. The molecule has 0 atom stereocenters. The number of ether oxygens (including phenoxy) is 1. The first-order valence-corrected chi connectivity index (χ1v) is 11.9. The molecule has 33 heavy (non-hydrogen) atoms. The molecule has 4 rings (SSSR count). The molecule has 172 valence electrons. The lowest BCUT2D eigenvalue weighted by atomic mass is 10.1. The lowest BCUT2D eigenvalue weighted by Crippen LogP contribution is -2.47. The number of Topliss-reactive ketones (excluding diaryl/α,β-unsaturated/α-hetero) is 1. The molecule has 0 saturated carbocycles. The third-order valence-electron chi connectivity index (χ3n) is 5.63. The third kappa shape index (κ3) is 4.61. The van der Waals surface area contributed by atoms with Gasteiger partial charge in [0.05, 0.1) is 18.2 Å². The summed E-state index contributed by atoms with van der Waals surface area (Å²) in [5.74, 6) is 0.909. The number of aromatic nitrogens is 2. The van der Waals surface area contributed by atoms with Crippen LogP contribution in [0.25, 0.3) is 0 Å². The van der Waals surface area contributed by atoms with E-state index in [0.29, 0.717) is 30.4 Å². The fraction of sp³-hybridized carbons (Fsp3) is 0.261. The van der Waals surface area contributed by atoms with Crippen LogP contribution in [0.1, 0.15) is 17.3 Å². The van der Waals surface area contributed by atoms with Crippen LogP contribution in [0, 0.1) is 0 Å². The number of carbonyl (C=O) groups is 1. The molecule has 0 unspecified atom stereocenters. The number of hydrogen-bond acceptors (Lipinski definition) is 9. The van der Waals surface area contributed by atoms with E-state index < -0.39 is 9.84 Å². The minimum atomic E-state index is -3.85. The summed E-state index contributed by atoms with van der Waals surface area (Å²) in [7, 11) is -2.34. The standard InChI is InChI=1S/C23H25N5O4S/c1-16(29)17-3-5-18(6-4-17)27-11-13-28(14-12-27)23-25-15-21(22(24)26-23)33(30,31)20-9-7-19(32-2)8-10-20/h3-10,15H,11-14H2,1-2H3,(H2,24,25,26). The van der Waals surface area contributed by atoms with E-state index in [0.717, 1.165) is 18.8 Å². The second-order valence-corrected chi connectivity index (χ2v) is 9.59. The van der Waals surface area contributed by atoms with E-state index in [1.54, 1.807) is 19.1 Å². The molecule has 2 heterocycles. The Morgan fingerprint density at radius 1 is 0.970 bits per heavy atom. The highest BCUT2D eigenvalue weighted by atomic mass is 32.2. The maximum absolute atomic E-state index is 13.0. The van der Waals surface area contributed by atoms with Gasteiger partial charge in [0.2, 0.25) is 15.8 Å². The molecule has 0 aliphatic carbocycles. The first-order valence-electron chi connectivity index (χ1n) is 10.4. The van der Waals surface area contributed by atoms with Gasteiger partial charge in [-0.25, -0.2) is 13.4 Å². The van der Waals surface area contributed by atoms with Gasteiger partial charge in [0, 0.05) is 37.4 Å². The highest BCUT2D eigenvalue weighted by molar-refractivity contribution is 7.91. The zero-order chi connectivity index (χ0) is 23.6. The SMILES string of the molecule is COc1ccc(S(=O)(=O)c2cnc(N3CCN(c4ccc(C(C)=O)cc4)CC3)nc2N)cc1. The Kier molecular flexibility index (Phi) is 6.19. The smallest absolute Gasteiger partial charge is 0.227 e. The van der Waals surface area contributed by atoms with Gasteiger partial charge in [0.25, 0.3) is 0 Å². The van der Waals surface area contributed by atoms with Crippen LogP contribution < -0.4 is 20.3 Å². The Balaban J connectivity index is 1.46. The van der Waals surface area contributed by atoms with E-state index in [-0.39, 0.29) is 21.4 Å². The third-order valence-corrected chi connectivity index (χ3v) is 7.42. The van der Waals surface area contributed by atoms with Crippen molar-refractivity contribution in [2.75, 3.05) is 48.8 Å². The number of nitrogen functional groups attached to an aromatic ring is 1. The molecule has 1 fully saturated rings. The van der Waals surface area contributed by atoms with Crippen LogP contribution >= 0.6 is 0 Å². The summed E-state index contributed by atoms with van der Waals surface area (Å²) < 4.78 is 31.0. The van der Waals surface area contributed by atoms with Crippen molar-refractivity contribution in [1.82, 2.24) is 9.97 Å². The van der Waals surface area contributed by atoms with Crippen LogP contribution in [0.15, 0.2) is 64.5 Å². The number of rotatable bonds is 6. The molecule has 0 bridgehead atoms. The maximum Gasteiger partial charge on any atom is 0.227 e. The molecule has 0 radical (unpaired) electrons. The van der Waals surface area contributed by atoms with Crippen LogP contribution in [0.3, 0.4) is 0 Å². The molecule has 1 aliphatic rings. The fourth-order valence-corrected chi connectivity index (χ4v) is 4.95. The summed E-state index contributed by atoms with van der Waals surface area (Å²) in [5, 5.41) is 0. The van der Waals surface area contributed by atoms with Gasteiger partial charge < -0.3 is 20.3 Å². The van der Waals surface area contributed by atoms with Crippen LogP contribution in [0.5, 0.6) is 5.75 Å². The molecular weight excluding hydrogens is 442 g/mol. The number of nitrogens with two attached hydrogens (primary N) is 1. The van der Waals surface area contributed by atoms with E-state index in [9.17, 15) is 13.2 Å². The highest BCUT2D eigenvalue weighted by Crippen LogP contribution is 2.27. The van der Waals surface area contributed by atoms with E-state index >= 15 is 0 Å². The van der Waals surface area contributed by atoms with Crippen LogP contribution in [0.4, 0.5) is 17.5 Å². The molecule has 3 aromatic rings. The fourth-order valence-electron chi connectivity index (χ4n) is 3.69. The van der Waals surface area contributed by atoms with E-state index in [4.69, 9.17) is 10.5 Å². The van der Waals surface area contributed by atoms with Gasteiger partial charge in [-0.15, -0.1) is 0 Å². The molecule has 1 saturated heterocycles. The van der Waals surface area contributed by atoms with E-state index in [1.807, 2.05) is 29.2 Å². The summed E-state index contributed by atoms with van der Waals surface area (Å²) in [6.45, 7) is 4.31. The number of methoxy groups -OCH3 is 1. The van der Waals surface area contributed by atoms with E-state index in [1.165, 1.54) is 25.4 Å². The minimum absolute atomic E-state index is 0.0403. The lowest BCUT2D eigenvalue weighted by Gasteiger charge is -2.36. The van der Waals surface area contributed by atoms with Gasteiger partial charge in [0.15, 0.2) is 5.78 Å². The summed E-state index contributed by atoms with van der Waals surface area (Å²) in [6.07, 6.45) is 1.27. The summed E-state index contributed by atoms with van der Waals surface area (Å²) in [5.41, 5.74) is 7.77. The average Bonchev–Trinajstić information content (AvgIpc) is 2.84. The van der Waals surface area contributed by atoms with E-state index in [2.05, 4.69) is 14.9 Å². The van der Waals surface area contributed by atoms with Gasteiger partial charge in [-0.05, 0) is 55.5 Å². The molecule has 0 spiro atoms. The van der Waals surface area contributed by atoms with Crippen molar-refractivity contribution in [2.45, 2.75) is 16.7 Å². The molecule has 1 aliphatic heterocycles. The zero-order valence-corrected chi connectivity index (χ0v) is 19.2. The molecule has 9 nitrogen and oxygen atoms in total. The van der Waals surface area contributed by atoms with Crippen molar-refractivity contribution >= 4 is 33.1 Å². The Bertz CT molecular complexity index is 1250. The number of benzene rings is 2. The molecule has 2 aromatic carbocycles. The predicted octanol–water partition coefficient (Wildman–Crippen LogP) is 2.43. The Morgan fingerprint density at radius 2 is 1.58 bits per heavy atom. The summed E-state index contributed by atoms with van der Waals surface area (Å²) in [6, 6.07) is 13.6. The molecular formula is C23H25N5O4S. The van der Waals surface area contributed by atoms with Crippen LogP contribution in [-0.4, -0.2) is 57.5 Å². The maximum atomic E-state index is 13.0. The Hall–Kier alpha value is -3.66. The molecule has 10 heteroatoms. The number of piperazine rings is 1. The number of sulfone groups is 1. The Morgan fingerprint density at radius 3 is 2.12 bits per heavy atom. The van der Waals surface area contributed by atoms with Gasteiger partial charge >= 0.3 is 0 Å². The van der Waals surface area contributed by atoms with Crippen molar-refractivity contribution in [3.63, 3.8) is 0 Å². The zero-order valence-electron chi connectivity index (χ0n) is 18.4. The van der Waals surface area contributed by atoms with Gasteiger partial charge in [0.1, 0.15) is 16.5 Å². The summed E-state index contributed by atoms with van der Waals surface area (Å²) >= 11 is 0. The first-order chi connectivity index (χ1) is 15.8. The van der Waals surface area contributed by atoms with Crippen molar-refractivity contribution in [3.05, 3.63) is 60.3 Å². The lowest BCUT2D eigenvalue weighted by molar-refractivity contribution is 0.101. The van der Waals surface area contributed by atoms with Crippen molar-refractivity contribution in [1.29, 1.82) is 0 Å². The monoisotopic (exact) mass is 467 g/mol. The number of ketones is 1. The normalized spacial score (nSPS) is 14.2. The average molecular weight is 468 g/mol. The minimum Gasteiger partial charge on any atom is -0.497 e. The van der Waals surface area contributed by atoms with Crippen molar-refractivity contribution in [3.8, 4) is 5.75 Å². The van der Waals surface area contributed by atoms with Gasteiger partial charge in [-0.1, -0.05) is 0 Å².